The van der Waals surface area contributed by atoms with Crippen molar-refractivity contribution in [2.45, 2.75) is 51.6 Å². The summed E-state index contributed by atoms with van der Waals surface area (Å²) in [7, 11) is 0. The predicted molar refractivity (Wildman–Crippen MR) is 104 cm³/mol. The number of hydrogen-bond acceptors (Lipinski definition) is 3. The summed E-state index contributed by atoms with van der Waals surface area (Å²) in [6.45, 7) is 7.88. The Morgan fingerprint density at radius 3 is 2.52 bits per heavy atom. The summed E-state index contributed by atoms with van der Waals surface area (Å²) in [5, 5.41) is 4.10. The average Bonchev–Trinajstić information content (AvgIpc) is 2.63. The summed E-state index contributed by atoms with van der Waals surface area (Å²) in [4.78, 5) is 17.3. The molecule has 2 fully saturated rings. The molecule has 1 aromatic rings. The molecule has 1 amide bonds. The molecule has 0 unspecified atom stereocenters. The Labute approximate surface area is 156 Å². The lowest BCUT2D eigenvalue weighted by Gasteiger charge is -2.39. The van der Waals surface area contributed by atoms with E-state index in [2.05, 4.69) is 28.1 Å². The van der Waals surface area contributed by atoms with Gasteiger partial charge in [0, 0.05) is 32.2 Å². The van der Waals surface area contributed by atoms with Crippen LogP contribution < -0.4 is 10.2 Å². The van der Waals surface area contributed by atoms with Gasteiger partial charge < -0.3 is 10.2 Å². The number of rotatable bonds is 4. The zero-order valence-corrected chi connectivity index (χ0v) is 16.1. The van der Waals surface area contributed by atoms with Crippen molar-refractivity contribution < 1.29 is 4.79 Å². The lowest BCUT2D eigenvalue weighted by molar-refractivity contribution is -0.127. The fraction of sp³-hybridized carbons (Fsp3) is 0.650. The summed E-state index contributed by atoms with van der Waals surface area (Å²) >= 11 is 6.31. The van der Waals surface area contributed by atoms with Crippen molar-refractivity contribution in [1.29, 1.82) is 0 Å². The number of piperazine rings is 1. The van der Waals surface area contributed by atoms with Gasteiger partial charge in [-0.2, -0.15) is 0 Å². The number of nitrogens with one attached hydrogen (secondary N) is 1. The number of anilines is 1. The topological polar surface area (TPSA) is 35.6 Å². The van der Waals surface area contributed by atoms with Gasteiger partial charge >= 0.3 is 0 Å². The van der Waals surface area contributed by atoms with E-state index in [0.717, 1.165) is 43.3 Å². The van der Waals surface area contributed by atoms with Crippen molar-refractivity contribution >= 4 is 23.2 Å². The van der Waals surface area contributed by atoms with E-state index in [-0.39, 0.29) is 11.9 Å². The third-order valence-corrected chi connectivity index (χ3v) is 6.19. The molecule has 3 rings (SSSR count). The smallest absolute Gasteiger partial charge is 0.237 e. The molecule has 1 heterocycles. The summed E-state index contributed by atoms with van der Waals surface area (Å²) in [6.07, 6.45) is 4.89. The van der Waals surface area contributed by atoms with Gasteiger partial charge in [0.2, 0.25) is 5.91 Å². The van der Waals surface area contributed by atoms with Gasteiger partial charge in [-0.3, -0.25) is 9.69 Å². The van der Waals surface area contributed by atoms with Crippen LogP contribution in [0, 0.1) is 5.92 Å². The Morgan fingerprint density at radius 2 is 1.84 bits per heavy atom. The fourth-order valence-corrected chi connectivity index (χ4v) is 4.31. The molecule has 0 spiro atoms. The molecule has 5 heteroatoms. The van der Waals surface area contributed by atoms with Crippen LogP contribution in [0.3, 0.4) is 0 Å². The van der Waals surface area contributed by atoms with E-state index in [1.165, 1.54) is 19.3 Å². The molecule has 1 saturated carbocycles. The second kappa shape index (κ2) is 8.41. The summed E-state index contributed by atoms with van der Waals surface area (Å²) in [6, 6.07) is 8.27. The first-order valence-corrected chi connectivity index (χ1v) is 9.98. The standard InChI is InChI=1S/C20H30ClN3O/c1-15-7-3-5-9-18(15)22-20(25)16(2)23-11-13-24(14-12-23)19-10-6-4-8-17(19)21/h4,6,8,10,15-16,18H,3,5,7,9,11-14H2,1-2H3,(H,22,25)/t15-,16-,18+/m1/s1. The van der Waals surface area contributed by atoms with Crippen LogP contribution in [0.4, 0.5) is 5.69 Å². The Balaban J connectivity index is 1.51. The first-order chi connectivity index (χ1) is 12.1. The number of carbonyl (C=O) groups is 1. The van der Waals surface area contributed by atoms with Crippen LogP contribution in [0.25, 0.3) is 0 Å². The summed E-state index contributed by atoms with van der Waals surface area (Å²) in [5.74, 6) is 0.784. The maximum Gasteiger partial charge on any atom is 0.237 e. The van der Waals surface area contributed by atoms with Gasteiger partial charge in [-0.1, -0.05) is 43.5 Å². The Bertz CT molecular complexity index is 586. The Hall–Kier alpha value is -1.26. The highest BCUT2D eigenvalue weighted by Gasteiger charge is 2.29. The first-order valence-electron chi connectivity index (χ1n) is 9.60. The molecule has 138 valence electrons. The SMILES string of the molecule is C[C@@H]1CCCC[C@@H]1NC(=O)[C@@H](C)N1CCN(c2ccccc2Cl)CC1. The molecule has 1 aliphatic heterocycles. The monoisotopic (exact) mass is 363 g/mol. The van der Waals surface area contributed by atoms with Gasteiger partial charge in [-0.05, 0) is 37.8 Å². The van der Waals surface area contributed by atoms with Crippen molar-refractivity contribution in [2.24, 2.45) is 5.92 Å². The van der Waals surface area contributed by atoms with Crippen molar-refractivity contribution in [3.05, 3.63) is 29.3 Å². The highest BCUT2D eigenvalue weighted by atomic mass is 35.5. The molecule has 1 N–H and O–H groups in total. The van der Waals surface area contributed by atoms with Crippen LogP contribution in [-0.2, 0) is 4.79 Å². The van der Waals surface area contributed by atoms with Crippen molar-refractivity contribution in [3.8, 4) is 0 Å². The minimum Gasteiger partial charge on any atom is -0.368 e. The fourth-order valence-electron chi connectivity index (χ4n) is 4.06. The zero-order chi connectivity index (χ0) is 17.8. The predicted octanol–water partition coefficient (Wildman–Crippen LogP) is 3.55. The third kappa shape index (κ3) is 4.48. The van der Waals surface area contributed by atoms with Gasteiger partial charge in [0.15, 0.2) is 0 Å². The molecule has 2 aliphatic rings. The first kappa shape index (κ1) is 18.5. The number of hydrogen-bond donors (Lipinski definition) is 1. The van der Waals surface area contributed by atoms with Gasteiger partial charge in [0.05, 0.1) is 16.8 Å². The third-order valence-electron chi connectivity index (χ3n) is 5.87. The number of halogens is 1. The van der Waals surface area contributed by atoms with E-state index in [1.54, 1.807) is 0 Å². The van der Waals surface area contributed by atoms with Crippen molar-refractivity contribution in [1.82, 2.24) is 10.2 Å². The van der Waals surface area contributed by atoms with Crippen LogP contribution in [0.5, 0.6) is 0 Å². The van der Waals surface area contributed by atoms with Crippen molar-refractivity contribution in [3.63, 3.8) is 0 Å². The molecule has 0 bridgehead atoms. The molecule has 1 aliphatic carbocycles. The van der Waals surface area contributed by atoms with E-state index in [1.807, 2.05) is 25.1 Å². The molecule has 1 aromatic carbocycles. The molecule has 0 radical (unpaired) electrons. The highest BCUT2D eigenvalue weighted by molar-refractivity contribution is 6.33. The maximum absolute atomic E-state index is 12.7. The van der Waals surface area contributed by atoms with E-state index in [4.69, 9.17) is 11.6 Å². The largest absolute Gasteiger partial charge is 0.368 e. The number of carbonyl (C=O) groups excluding carboxylic acids is 1. The minimum atomic E-state index is -0.0671. The number of amides is 1. The molecule has 25 heavy (non-hydrogen) atoms. The van der Waals surface area contributed by atoms with Gasteiger partial charge in [-0.25, -0.2) is 0 Å². The lowest BCUT2D eigenvalue weighted by Crippen LogP contribution is -2.55. The average molecular weight is 364 g/mol. The van der Waals surface area contributed by atoms with E-state index in [9.17, 15) is 4.79 Å². The summed E-state index contributed by atoms with van der Waals surface area (Å²) in [5.41, 5.74) is 1.09. The lowest BCUT2D eigenvalue weighted by atomic mass is 9.86. The Morgan fingerprint density at radius 1 is 1.16 bits per heavy atom. The normalized spacial score (nSPS) is 26.3. The molecule has 1 saturated heterocycles. The van der Waals surface area contributed by atoms with Crippen LogP contribution in [0.1, 0.15) is 39.5 Å². The summed E-state index contributed by atoms with van der Waals surface area (Å²) < 4.78 is 0. The van der Waals surface area contributed by atoms with Crippen LogP contribution in [0.2, 0.25) is 5.02 Å². The Kier molecular flexibility index (Phi) is 6.24. The van der Waals surface area contributed by atoms with Gasteiger partial charge in [0.1, 0.15) is 0 Å². The number of para-hydroxylation sites is 1. The quantitative estimate of drug-likeness (QED) is 0.888. The molecular weight excluding hydrogens is 334 g/mol. The van der Waals surface area contributed by atoms with Crippen LogP contribution >= 0.6 is 11.6 Å². The number of nitrogens with zero attached hydrogens (tertiary/aromatic N) is 2. The molecule has 0 aromatic heterocycles. The second-order valence-electron chi connectivity index (χ2n) is 7.53. The van der Waals surface area contributed by atoms with E-state index in [0.29, 0.717) is 12.0 Å². The second-order valence-corrected chi connectivity index (χ2v) is 7.93. The maximum atomic E-state index is 12.7. The van der Waals surface area contributed by atoms with Gasteiger partial charge in [-0.15, -0.1) is 0 Å². The zero-order valence-electron chi connectivity index (χ0n) is 15.4. The highest BCUT2D eigenvalue weighted by Crippen LogP contribution is 2.27. The van der Waals surface area contributed by atoms with Crippen LogP contribution in [0.15, 0.2) is 24.3 Å². The van der Waals surface area contributed by atoms with Crippen molar-refractivity contribution in [2.75, 3.05) is 31.1 Å². The van der Waals surface area contributed by atoms with E-state index < -0.39 is 0 Å². The molecule has 4 nitrogen and oxygen atoms in total. The van der Waals surface area contributed by atoms with E-state index >= 15 is 0 Å². The minimum absolute atomic E-state index is 0.0671. The van der Waals surface area contributed by atoms with Crippen LogP contribution in [-0.4, -0.2) is 49.1 Å². The molecule has 3 atom stereocenters. The number of benzene rings is 1. The molecular formula is C20H30ClN3O. The van der Waals surface area contributed by atoms with Gasteiger partial charge in [0.25, 0.3) is 0 Å².